The quantitative estimate of drug-likeness (QED) is 0.573. The van der Waals surface area contributed by atoms with Gasteiger partial charge in [0, 0.05) is 68.7 Å². The van der Waals surface area contributed by atoms with Crippen LogP contribution in [0.15, 0.2) is 60.0 Å². The maximum atomic E-state index is 13.3. The molecule has 9 nitrogen and oxygen atoms in total. The SMILES string of the molecule is C/C=C\C(=C/C)C1=CNC(NC(=O)c2cccc(-c3nn(C4CCOC4)c4c3CN(C(C)=O)CC4)c2)N1C. The van der Waals surface area contributed by atoms with E-state index in [0.717, 1.165) is 47.5 Å². The van der Waals surface area contributed by atoms with Crippen molar-refractivity contribution in [2.24, 2.45) is 0 Å². The average Bonchev–Trinajstić information content (AvgIpc) is 3.67. The molecule has 0 bridgehead atoms. The third-order valence-electron chi connectivity index (χ3n) is 7.55. The fourth-order valence-electron chi connectivity index (χ4n) is 5.42. The first kappa shape index (κ1) is 25.8. The number of carbonyl (C=O) groups excluding carboxylic acids is 2. The summed E-state index contributed by atoms with van der Waals surface area (Å²) in [5, 5.41) is 11.4. The van der Waals surface area contributed by atoms with Gasteiger partial charge in [-0.25, -0.2) is 0 Å². The molecule has 1 aromatic carbocycles. The molecule has 4 heterocycles. The van der Waals surface area contributed by atoms with Gasteiger partial charge in [0.2, 0.25) is 5.91 Å². The van der Waals surface area contributed by atoms with Crippen LogP contribution < -0.4 is 10.6 Å². The first-order valence-electron chi connectivity index (χ1n) is 13.2. The molecule has 9 heteroatoms. The van der Waals surface area contributed by atoms with Gasteiger partial charge in [0.25, 0.3) is 5.91 Å². The molecule has 2 N–H and O–H groups in total. The average molecular weight is 517 g/mol. The number of benzene rings is 1. The number of likely N-dealkylation sites (N-methyl/N-ethyl adjacent to an activating group) is 1. The van der Waals surface area contributed by atoms with E-state index in [0.29, 0.717) is 25.3 Å². The number of carbonyl (C=O) groups is 2. The Hall–Kier alpha value is -3.85. The van der Waals surface area contributed by atoms with Crippen LogP contribution in [-0.4, -0.2) is 64.5 Å². The third-order valence-corrected chi connectivity index (χ3v) is 7.55. The van der Waals surface area contributed by atoms with Crippen molar-refractivity contribution in [3.05, 3.63) is 76.8 Å². The summed E-state index contributed by atoms with van der Waals surface area (Å²) in [6, 6.07) is 7.77. The van der Waals surface area contributed by atoms with Crippen LogP contribution in [0.25, 0.3) is 11.3 Å². The number of fused-ring (bicyclic) bond motifs is 1. The van der Waals surface area contributed by atoms with Gasteiger partial charge in [0.1, 0.15) is 0 Å². The first-order valence-corrected chi connectivity index (χ1v) is 13.2. The molecule has 3 aliphatic heterocycles. The van der Waals surface area contributed by atoms with E-state index in [2.05, 4.69) is 15.3 Å². The third kappa shape index (κ3) is 4.86. The van der Waals surface area contributed by atoms with Crippen molar-refractivity contribution in [2.45, 2.75) is 52.5 Å². The molecule has 2 unspecified atom stereocenters. The maximum absolute atomic E-state index is 13.3. The molecule has 1 aromatic heterocycles. The van der Waals surface area contributed by atoms with Crippen molar-refractivity contribution < 1.29 is 14.3 Å². The number of hydrogen-bond donors (Lipinski definition) is 2. The van der Waals surface area contributed by atoms with Crippen LogP contribution in [0, 0.1) is 0 Å². The van der Waals surface area contributed by atoms with Gasteiger partial charge in [-0.3, -0.25) is 14.3 Å². The highest BCUT2D eigenvalue weighted by atomic mass is 16.5. The van der Waals surface area contributed by atoms with Crippen LogP contribution in [0.1, 0.15) is 54.8 Å². The fraction of sp³-hybridized carbons (Fsp3) is 0.414. The Kier molecular flexibility index (Phi) is 7.37. The number of amides is 2. The van der Waals surface area contributed by atoms with E-state index in [1.807, 2.05) is 79.4 Å². The van der Waals surface area contributed by atoms with Crippen LogP contribution in [0.3, 0.4) is 0 Å². The van der Waals surface area contributed by atoms with Gasteiger partial charge in [0.05, 0.1) is 24.0 Å². The Bertz CT molecular complexity index is 1320. The Balaban J connectivity index is 1.40. The molecule has 2 atom stereocenters. The Morgan fingerprint density at radius 3 is 2.82 bits per heavy atom. The molecule has 3 aliphatic rings. The highest BCUT2D eigenvalue weighted by Crippen LogP contribution is 2.34. The predicted molar refractivity (Wildman–Crippen MR) is 146 cm³/mol. The summed E-state index contributed by atoms with van der Waals surface area (Å²) in [6.45, 7) is 8.17. The van der Waals surface area contributed by atoms with E-state index in [-0.39, 0.29) is 24.1 Å². The normalized spacial score (nSPS) is 21.5. The Morgan fingerprint density at radius 1 is 1.26 bits per heavy atom. The molecular formula is C29H36N6O3. The molecule has 1 saturated heterocycles. The van der Waals surface area contributed by atoms with Crippen molar-refractivity contribution in [3.63, 3.8) is 0 Å². The van der Waals surface area contributed by atoms with Crippen molar-refractivity contribution >= 4 is 11.8 Å². The van der Waals surface area contributed by atoms with Crippen LogP contribution in [-0.2, 0) is 22.5 Å². The standard InChI is InChI=1S/C29H36N6O3/c1-5-8-20(6-2)26-16-30-29(33(26)4)31-28(37)22-10-7-9-21(15-22)27-24-17-34(19(3)36)13-11-25(24)35(32-27)23-12-14-38-18-23/h5-10,15-16,23,29-30H,11-14,17-18H2,1-4H3,(H,31,37)/b8-5-,20-6+. The smallest absolute Gasteiger partial charge is 0.254 e. The first-order chi connectivity index (χ1) is 18.4. The van der Waals surface area contributed by atoms with Crippen molar-refractivity contribution in [1.29, 1.82) is 0 Å². The minimum absolute atomic E-state index is 0.0587. The van der Waals surface area contributed by atoms with E-state index in [9.17, 15) is 9.59 Å². The molecule has 0 aliphatic carbocycles. The molecular weight excluding hydrogens is 480 g/mol. The highest BCUT2D eigenvalue weighted by molar-refractivity contribution is 5.95. The molecule has 2 aromatic rings. The molecule has 0 radical (unpaired) electrons. The molecule has 5 rings (SSSR count). The summed E-state index contributed by atoms with van der Waals surface area (Å²) >= 11 is 0. The number of ether oxygens (including phenoxy) is 1. The molecule has 38 heavy (non-hydrogen) atoms. The van der Waals surface area contributed by atoms with Crippen molar-refractivity contribution in [1.82, 2.24) is 30.2 Å². The van der Waals surface area contributed by atoms with Gasteiger partial charge in [-0.05, 0) is 38.0 Å². The van der Waals surface area contributed by atoms with Gasteiger partial charge in [0.15, 0.2) is 6.29 Å². The number of aromatic nitrogens is 2. The second kappa shape index (κ2) is 10.9. The second-order valence-electron chi connectivity index (χ2n) is 9.93. The maximum Gasteiger partial charge on any atom is 0.254 e. The van der Waals surface area contributed by atoms with Crippen LogP contribution >= 0.6 is 0 Å². The van der Waals surface area contributed by atoms with E-state index < -0.39 is 0 Å². The van der Waals surface area contributed by atoms with Crippen molar-refractivity contribution in [2.75, 3.05) is 26.8 Å². The number of allylic oxidation sites excluding steroid dienone is 3. The van der Waals surface area contributed by atoms with Gasteiger partial charge < -0.3 is 25.2 Å². The van der Waals surface area contributed by atoms with Crippen LogP contribution in [0.2, 0.25) is 0 Å². The summed E-state index contributed by atoms with van der Waals surface area (Å²) in [5.41, 5.74) is 6.56. The van der Waals surface area contributed by atoms with Gasteiger partial charge in [-0.15, -0.1) is 0 Å². The molecule has 0 saturated carbocycles. The predicted octanol–water partition coefficient (Wildman–Crippen LogP) is 3.33. The van der Waals surface area contributed by atoms with Gasteiger partial charge in [-0.2, -0.15) is 5.10 Å². The topological polar surface area (TPSA) is 91.7 Å². The molecule has 1 fully saturated rings. The van der Waals surface area contributed by atoms with E-state index in [1.54, 1.807) is 6.92 Å². The number of hydrogen-bond acceptors (Lipinski definition) is 6. The Labute approximate surface area is 223 Å². The Morgan fingerprint density at radius 2 is 2.11 bits per heavy atom. The molecule has 2 amide bonds. The van der Waals surface area contributed by atoms with E-state index in [1.165, 1.54) is 5.69 Å². The summed E-state index contributed by atoms with van der Waals surface area (Å²) in [4.78, 5) is 29.4. The second-order valence-corrected chi connectivity index (χ2v) is 9.93. The minimum atomic E-state index is -0.361. The zero-order valence-corrected chi connectivity index (χ0v) is 22.5. The van der Waals surface area contributed by atoms with Crippen LogP contribution in [0.5, 0.6) is 0 Å². The lowest BCUT2D eigenvalue weighted by Crippen LogP contribution is -2.49. The lowest BCUT2D eigenvalue weighted by atomic mass is 9.99. The number of rotatable bonds is 6. The highest BCUT2D eigenvalue weighted by Gasteiger charge is 2.31. The van der Waals surface area contributed by atoms with Gasteiger partial charge in [-0.1, -0.05) is 30.4 Å². The largest absolute Gasteiger partial charge is 0.379 e. The number of nitrogens with zero attached hydrogens (tertiary/aromatic N) is 4. The van der Waals surface area contributed by atoms with Crippen LogP contribution in [0.4, 0.5) is 0 Å². The minimum Gasteiger partial charge on any atom is -0.379 e. The summed E-state index contributed by atoms with van der Waals surface area (Å²) < 4.78 is 7.75. The lowest BCUT2D eigenvalue weighted by molar-refractivity contribution is -0.129. The van der Waals surface area contributed by atoms with Crippen molar-refractivity contribution in [3.8, 4) is 11.3 Å². The van der Waals surface area contributed by atoms with E-state index in [4.69, 9.17) is 9.84 Å². The monoisotopic (exact) mass is 516 g/mol. The zero-order valence-electron chi connectivity index (χ0n) is 22.5. The van der Waals surface area contributed by atoms with E-state index >= 15 is 0 Å². The fourth-order valence-corrected chi connectivity index (χ4v) is 5.42. The summed E-state index contributed by atoms with van der Waals surface area (Å²) in [5.74, 6) is -0.120. The summed E-state index contributed by atoms with van der Waals surface area (Å²) in [6.07, 6.45) is 9.33. The zero-order chi connectivity index (χ0) is 26.8. The molecule has 200 valence electrons. The molecule has 0 spiro atoms. The lowest BCUT2D eigenvalue weighted by Gasteiger charge is -2.27. The number of nitrogens with one attached hydrogen (secondary N) is 2. The summed E-state index contributed by atoms with van der Waals surface area (Å²) in [7, 11) is 1.95. The van der Waals surface area contributed by atoms with Gasteiger partial charge >= 0.3 is 0 Å².